The van der Waals surface area contributed by atoms with E-state index in [2.05, 4.69) is 19.9 Å². The van der Waals surface area contributed by atoms with Crippen LogP contribution >= 0.6 is 0 Å². The van der Waals surface area contributed by atoms with Gasteiger partial charge in [-0.25, -0.2) is 0 Å². The molecule has 11 atom stereocenters. The van der Waals surface area contributed by atoms with Crippen LogP contribution in [0.15, 0.2) is 11.6 Å². The highest BCUT2D eigenvalue weighted by atomic mass is 16.7. The van der Waals surface area contributed by atoms with Crippen molar-refractivity contribution in [1.29, 1.82) is 0 Å². The molecule has 32 heavy (non-hydrogen) atoms. The Balaban J connectivity index is 1.29. The third kappa shape index (κ3) is 3.35. The molecule has 0 unspecified atom stereocenters. The molecule has 4 aliphatic carbocycles. The van der Waals surface area contributed by atoms with Crippen molar-refractivity contribution in [3.05, 3.63) is 11.6 Å². The van der Waals surface area contributed by atoms with Crippen LogP contribution in [-0.2, 0) is 14.3 Å². The summed E-state index contributed by atoms with van der Waals surface area (Å²) in [5.74, 6) is 2.15. The molecular weight excluding hydrogens is 412 g/mol. The van der Waals surface area contributed by atoms with Crippen molar-refractivity contribution in [3.63, 3.8) is 0 Å². The quantitative estimate of drug-likeness (QED) is 0.484. The maximum absolute atomic E-state index is 12.6. The summed E-state index contributed by atoms with van der Waals surface area (Å²) in [6.07, 6.45) is 3.56. The predicted octanol–water partition coefficient (Wildman–Crippen LogP) is 1.70. The van der Waals surface area contributed by atoms with Gasteiger partial charge in [-0.15, -0.1) is 0 Å². The monoisotopic (exact) mass is 450 g/mol. The first kappa shape index (κ1) is 22.9. The molecule has 180 valence electrons. The summed E-state index contributed by atoms with van der Waals surface area (Å²) in [7, 11) is 0. The summed E-state index contributed by atoms with van der Waals surface area (Å²) in [6, 6.07) is 0. The summed E-state index contributed by atoms with van der Waals surface area (Å²) in [5.41, 5.74) is 1.41. The number of hydrogen-bond donors (Lipinski definition) is 4. The molecule has 0 bridgehead atoms. The van der Waals surface area contributed by atoms with Crippen molar-refractivity contribution < 1.29 is 34.7 Å². The fourth-order valence-electron chi connectivity index (χ4n) is 7.88. The summed E-state index contributed by atoms with van der Waals surface area (Å²) >= 11 is 0. The smallest absolute Gasteiger partial charge is 0.186 e. The van der Waals surface area contributed by atoms with Gasteiger partial charge in [0.15, 0.2) is 6.29 Å². The van der Waals surface area contributed by atoms with Gasteiger partial charge in [-0.2, -0.15) is 0 Å². The Morgan fingerprint density at radius 2 is 1.75 bits per heavy atom. The van der Waals surface area contributed by atoms with Crippen molar-refractivity contribution >= 4 is 5.78 Å². The van der Waals surface area contributed by atoms with Crippen molar-refractivity contribution in [2.75, 3.05) is 6.61 Å². The Labute approximate surface area is 189 Å². The number of ether oxygens (including phenoxy) is 2. The maximum Gasteiger partial charge on any atom is 0.186 e. The predicted molar refractivity (Wildman–Crippen MR) is 115 cm³/mol. The lowest BCUT2D eigenvalue weighted by atomic mass is 9.48. The number of carbonyl (C=O) groups is 1. The van der Waals surface area contributed by atoms with E-state index in [1.165, 1.54) is 5.57 Å². The van der Waals surface area contributed by atoms with Gasteiger partial charge in [0.05, 0.1) is 12.7 Å². The van der Waals surface area contributed by atoms with Crippen molar-refractivity contribution in [2.24, 2.45) is 28.6 Å². The minimum atomic E-state index is -1.42. The highest BCUT2D eigenvalue weighted by Gasteiger charge is 2.58. The average molecular weight is 451 g/mol. The molecule has 5 rings (SSSR count). The second-order valence-electron chi connectivity index (χ2n) is 11.4. The molecule has 7 nitrogen and oxygen atoms in total. The minimum Gasteiger partial charge on any atom is -0.394 e. The highest BCUT2D eigenvalue weighted by Crippen LogP contribution is 2.64. The Bertz CT molecular complexity index is 780. The third-order valence-corrected chi connectivity index (χ3v) is 9.94. The van der Waals surface area contributed by atoms with Crippen molar-refractivity contribution in [1.82, 2.24) is 0 Å². The van der Waals surface area contributed by atoms with E-state index in [1.807, 2.05) is 0 Å². The van der Waals surface area contributed by atoms with Gasteiger partial charge in [-0.3, -0.25) is 4.79 Å². The molecule has 4 fully saturated rings. The van der Waals surface area contributed by atoms with E-state index in [-0.39, 0.29) is 16.9 Å². The molecule has 0 radical (unpaired) electrons. The summed E-state index contributed by atoms with van der Waals surface area (Å²) in [6.45, 7) is 4.14. The Morgan fingerprint density at radius 3 is 2.50 bits per heavy atom. The molecule has 0 spiro atoms. The van der Waals surface area contributed by atoms with E-state index < -0.39 is 37.3 Å². The van der Waals surface area contributed by atoms with E-state index in [9.17, 15) is 25.2 Å². The lowest BCUT2D eigenvalue weighted by Crippen LogP contribution is -2.60. The summed E-state index contributed by atoms with van der Waals surface area (Å²) < 4.78 is 11.7. The number of aliphatic hydroxyl groups excluding tert-OH is 4. The van der Waals surface area contributed by atoms with Crippen LogP contribution in [0.25, 0.3) is 0 Å². The van der Waals surface area contributed by atoms with Crippen LogP contribution < -0.4 is 0 Å². The molecule has 1 saturated heterocycles. The van der Waals surface area contributed by atoms with Gasteiger partial charge in [0.1, 0.15) is 30.2 Å². The van der Waals surface area contributed by atoms with Gasteiger partial charge < -0.3 is 29.9 Å². The number of hydrogen-bond acceptors (Lipinski definition) is 7. The SMILES string of the molecule is C[C@]12CC[C@H](O[C@@H]3O[C@H](CO)[C@@H](O)[C@H](O)[C@H]3O)CC1=CC[C@@H]1[C@@H]2CC[C@]2(C)C(=O)CC[C@@H]12. The number of fused-ring (bicyclic) bond motifs is 5. The molecule has 0 amide bonds. The van der Waals surface area contributed by atoms with Crippen LogP contribution in [0.1, 0.15) is 65.2 Å². The summed E-state index contributed by atoms with van der Waals surface area (Å²) in [5, 5.41) is 39.8. The second kappa shape index (κ2) is 8.14. The van der Waals surface area contributed by atoms with Gasteiger partial charge in [-0.1, -0.05) is 25.5 Å². The minimum absolute atomic E-state index is 0.116. The molecule has 0 aromatic carbocycles. The number of ketones is 1. The summed E-state index contributed by atoms with van der Waals surface area (Å²) in [4.78, 5) is 12.6. The first-order chi connectivity index (χ1) is 15.2. The molecule has 1 heterocycles. The molecule has 1 aliphatic heterocycles. The molecule has 4 N–H and O–H groups in total. The Kier molecular flexibility index (Phi) is 5.83. The van der Waals surface area contributed by atoms with Gasteiger partial charge in [0.2, 0.25) is 0 Å². The molecule has 7 heteroatoms. The van der Waals surface area contributed by atoms with Crippen LogP contribution in [-0.4, -0.2) is 69.6 Å². The van der Waals surface area contributed by atoms with Crippen LogP contribution in [0.2, 0.25) is 0 Å². The van der Waals surface area contributed by atoms with Gasteiger partial charge in [0, 0.05) is 11.8 Å². The first-order valence-electron chi connectivity index (χ1n) is 12.4. The van der Waals surface area contributed by atoms with Gasteiger partial charge >= 0.3 is 0 Å². The average Bonchev–Trinajstić information content (AvgIpc) is 3.09. The Hall–Kier alpha value is -0.830. The topological polar surface area (TPSA) is 116 Å². The number of rotatable bonds is 3. The number of aliphatic hydroxyl groups is 4. The maximum atomic E-state index is 12.6. The zero-order valence-corrected chi connectivity index (χ0v) is 19.2. The van der Waals surface area contributed by atoms with E-state index in [0.717, 1.165) is 51.4 Å². The largest absolute Gasteiger partial charge is 0.394 e. The van der Waals surface area contributed by atoms with Crippen molar-refractivity contribution in [2.45, 2.75) is 102 Å². The standard InChI is InChI=1S/C25H38O7/c1-24-9-7-14(31-23-22(30)21(29)20(28)18(12-26)32-23)11-13(24)3-4-15-16-5-6-19(27)25(16,2)10-8-17(15)24/h3,14-18,20-23,26,28-30H,4-12H2,1-2H3/t14-,15-,16-,17-,18+,20+,21-,22+,23+,24-,25-/m0/s1. The zero-order chi connectivity index (χ0) is 22.8. The van der Waals surface area contributed by atoms with Crippen LogP contribution in [0, 0.1) is 28.6 Å². The number of carbonyl (C=O) groups excluding carboxylic acids is 1. The fourth-order valence-corrected chi connectivity index (χ4v) is 7.88. The molecule has 0 aromatic heterocycles. The normalized spacial score (nSPS) is 53.2. The lowest BCUT2D eigenvalue weighted by Gasteiger charge is -2.57. The Morgan fingerprint density at radius 1 is 1.03 bits per heavy atom. The molecule has 3 saturated carbocycles. The zero-order valence-electron chi connectivity index (χ0n) is 19.2. The second-order valence-corrected chi connectivity index (χ2v) is 11.4. The van der Waals surface area contributed by atoms with E-state index in [1.54, 1.807) is 0 Å². The lowest BCUT2D eigenvalue weighted by molar-refractivity contribution is -0.313. The number of allylic oxidation sites excluding steroid dienone is 1. The van der Waals surface area contributed by atoms with E-state index in [4.69, 9.17) is 9.47 Å². The van der Waals surface area contributed by atoms with Gasteiger partial charge in [-0.05, 0) is 68.1 Å². The van der Waals surface area contributed by atoms with Crippen LogP contribution in [0.5, 0.6) is 0 Å². The van der Waals surface area contributed by atoms with Crippen molar-refractivity contribution in [3.8, 4) is 0 Å². The fraction of sp³-hybridized carbons (Fsp3) is 0.880. The molecule has 0 aromatic rings. The third-order valence-electron chi connectivity index (χ3n) is 9.94. The highest BCUT2D eigenvalue weighted by molar-refractivity contribution is 5.87. The van der Waals surface area contributed by atoms with Gasteiger partial charge in [0.25, 0.3) is 0 Å². The molecule has 5 aliphatic rings. The van der Waals surface area contributed by atoms with E-state index >= 15 is 0 Å². The van der Waals surface area contributed by atoms with E-state index in [0.29, 0.717) is 23.5 Å². The number of Topliss-reactive ketones (excluding diaryl/α,β-unsaturated/α-hetero) is 1. The van der Waals surface area contributed by atoms with Crippen LogP contribution in [0.4, 0.5) is 0 Å². The van der Waals surface area contributed by atoms with Crippen LogP contribution in [0.3, 0.4) is 0 Å². The molecular formula is C25H38O7. The first-order valence-corrected chi connectivity index (χ1v) is 12.4.